The van der Waals surface area contributed by atoms with Crippen LogP contribution in [0.1, 0.15) is 30.8 Å². The van der Waals surface area contributed by atoms with E-state index in [0.717, 1.165) is 29.9 Å². The van der Waals surface area contributed by atoms with E-state index in [1.54, 1.807) is 18.0 Å². The third-order valence-corrected chi connectivity index (χ3v) is 3.52. The van der Waals surface area contributed by atoms with E-state index in [9.17, 15) is 0 Å². The van der Waals surface area contributed by atoms with Gasteiger partial charge in [0.05, 0.1) is 6.04 Å². The second kappa shape index (κ2) is 6.68. The third-order valence-electron chi connectivity index (χ3n) is 2.88. The van der Waals surface area contributed by atoms with Crippen LogP contribution in [-0.2, 0) is 6.42 Å². The molecule has 2 aromatic rings. The van der Waals surface area contributed by atoms with Gasteiger partial charge in [-0.25, -0.2) is 0 Å². The molecular weight excluding hydrogens is 260 g/mol. The molecule has 2 aromatic heterocycles. The first-order chi connectivity index (χ1) is 9.26. The number of nitrogens with two attached hydrogens (primary N) is 1. The number of rotatable bonds is 6. The number of thioether (sulfide) groups is 1. The van der Waals surface area contributed by atoms with Crippen molar-refractivity contribution in [1.82, 2.24) is 15.1 Å². The maximum atomic E-state index is 6.01. The highest BCUT2D eigenvalue weighted by molar-refractivity contribution is 7.98. The zero-order chi connectivity index (χ0) is 13.7. The zero-order valence-corrected chi connectivity index (χ0v) is 12.0. The molecule has 0 aliphatic rings. The van der Waals surface area contributed by atoms with Gasteiger partial charge in [-0.15, -0.1) is 0 Å². The van der Waals surface area contributed by atoms with Gasteiger partial charge in [-0.3, -0.25) is 4.98 Å². The Hall–Kier alpha value is -1.40. The van der Waals surface area contributed by atoms with Crippen LogP contribution in [0.15, 0.2) is 22.9 Å². The highest BCUT2D eigenvalue weighted by atomic mass is 32.2. The molecule has 2 rings (SSSR count). The van der Waals surface area contributed by atoms with Gasteiger partial charge in [0, 0.05) is 6.20 Å². The fourth-order valence-electron chi connectivity index (χ4n) is 1.78. The van der Waals surface area contributed by atoms with Crippen LogP contribution >= 0.6 is 11.8 Å². The summed E-state index contributed by atoms with van der Waals surface area (Å²) in [6.45, 7) is 2.08. The first kappa shape index (κ1) is 14.0. The zero-order valence-electron chi connectivity index (χ0n) is 11.2. The Morgan fingerprint density at radius 1 is 1.47 bits per heavy atom. The minimum absolute atomic E-state index is 0.206. The molecule has 0 radical (unpaired) electrons. The maximum Gasteiger partial charge on any atom is 0.243 e. The molecule has 0 aliphatic carbocycles. The van der Waals surface area contributed by atoms with E-state index in [1.807, 2.05) is 18.4 Å². The quantitative estimate of drug-likeness (QED) is 0.874. The Kier molecular flexibility index (Phi) is 4.93. The van der Waals surface area contributed by atoms with Crippen LogP contribution in [0.25, 0.3) is 11.5 Å². The lowest BCUT2D eigenvalue weighted by molar-refractivity contribution is 0.353. The maximum absolute atomic E-state index is 6.01. The normalized spacial score (nSPS) is 12.6. The van der Waals surface area contributed by atoms with E-state index >= 15 is 0 Å². The first-order valence-electron chi connectivity index (χ1n) is 6.28. The van der Waals surface area contributed by atoms with Crippen molar-refractivity contribution in [3.8, 4) is 11.5 Å². The summed E-state index contributed by atoms with van der Waals surface area (Å²) in [6.07, 6.45) is 5.49. The number of pyridine rings is 1. The average molecular weight is 278 g/mol. The van der Waals surface area contributed by atoms with Crippen LogP contribution in [-0.4, -0.2) is 27.1 Å². The van der Waals surface area contributed by atoms with E-state index in [1.165, 1.54) is 0 Å². The smallest absolute Gasteiger partial charge is 0.243 e. The van der Waals surface area contributed by atoms with Crippen LogP contribution < -0.4 is 5.73 Å². The molecule has 0 aliphatic heterocycles. The van der Waals surface area contributed by atoms with Gasteiger partial charge in [0.2, 0.25) is 11.7 Å². The lowest BCUT2D eigenvalue weighted by Crippen LogP contribution is -2.11. The van der Waals surface area contributed by atoms with Gasteiger partial charge in [0.1, 0.15) is 5.69 Å². The first-order valence-corrected chi connectivity index (χ1v) is 7.68. The van der Waals surface area contributed by atoms with Gasteiger partial charge in [0.15, 0.2) is 0 Å². The van der Waals surface area contributed by atoms with Gasteiger partial charge in [-0.05, 0) is 36.5 Å². The summed E-state index contributed by atoms with van der Waals surface area (Å²) in [4.78, 5) is 8.69. The van der Waals surface area contributed by atoms with Crippen molar-refractivity contribution < 1.29 is 4.52 Å². The van der Waals surface area contributed by atoms with Gasteiger partial charge < -0.3 is 10.3 Å². The minimum Gasteiger partial charge on any atom is -0.337 e. The third kappa shape index (κ3) is 3.33. The summed E-state index contributed by atoms with van der Waals surface area (Å²) < 4.78 is 5.24. The Labute approximate surface area is 117 Å². The minimum atomic E-state index is -0.206. The predicted molar refractivity (Wildman–Crippen MR) is 76.8 cm³/mol. The monoisotopic (exact) mass is 278 g/mol. The van der Waals surface area contributed by atoms with Gasteiger partial charge in [0.25, 0.3) is 0 Å². The predicted octanol–water partition coefficient (Wildman–Crippen LogP) is 2.45. The molecule has 0 saturated heterocycles. The van der Waals surface area contributed by atoms with Crippen LogP contribution in [0.3, 0.4) is 0 Å². The van der Waals surface area contributed by atoms with E-state index in [4.69, 9.17) is 10.3 Å². The fraction of sp³-hybridized carbons (Fsp3) is 0.462. The van der Waals surface area contributed by atoms with E-state index in [2.05, 4.69) is 22.0 Å². The van der Waals surface area contributed by atoms with Gasteiger partial charge in [-0.1, -0.05) is 18.1 Å². The largest absolute Gasteiger partial charge is 0.337 e. The molecule has 5 nitrogen and oxygen atoms in total. The van der Waals surface area contributed by atoms with Crippen molar-refractivity contribution in [1.29, 1.82) is 0 Å². The molecule has 0 bridgehead atoms. The molecule has 2 N–H and O–H groups in total. The molecule has 0 amide bonds. The summed E-state index contributed by atoms with van der Waals surface area (Å²) in [7, 11) is 0. The summed E-state index contributed by atoms with van der Waals surface area (Å²) in [5.74, 6) is 1.98. The fourth-order valence-corrected chi connectivity index (χ4v) is 2.27. The molecule has 0 unspecified atom stereocenters. The second-order valence-corrected chi connectivity index (χ2v) is 5.19. The van der Waals surface area contributed by atoms with Crippen molar-refractivity contribution in [2.45, 2.75) is 25.8 Å². The summed E-state index contributed by atoms with van der Waals surface area (Å²) in [5, 5.41) is 3.99. The van der Waals surface area contributed by atoms with Gasteiger partial charge >= 0.3 is 0 Å². The van der Waals surface area contributed by atoms with E-state index in [-0.39, 0.29) is 6.04 Å². The number of aromatic nitrogens is 3. The summed E-state index contributed by atoms with van der Waals surface area (Å²) in [6, 6.07) is 3.72. The average Bonchev–Trinajstić information content (AvgIpc) is 2.94. The summed E-state index contributed by atoms with van der Waals surface area (Å²) >= 11 is 1.75. The Bertz CT molecular complexity index is 529. The van der Waals surface area contributed by atoms with Crippen molar-refractivity contribution >= 4 is 11.8 Å². The van der Waals surface area contributed by atoms with Crippen molar-refractivity contribution in [3.05, 3.63) is 29.8 Å². The van der Waals surface area contributed by atoms with Crippen molar-refractivity contribution in [2.24, 2.45) is 5.73 Å². The molecule has 0 saturated carbocycles. The van der Waals surface area contributed by atoms with Crippen LogP contribution in [0.2, 0.25) is 0 Å². The van der Waals surface area contributed by atoms with Gasteiger partial charge in [-0.2, -0.15) is 16.7 Å². The standard InChI is InChI=1S/C13H18N4OS/c1-3-9-5-4-7-15-11(9)12-16-13(18-17-12)10(14)6-8-19-2/h4-5,7,10H,3,6,8,14H2,1-2H3/t10-/m1/s1. The van der Waals surface area contributed by atoms with Crippen molar-refractivity contribution in [2.75, 3.05) is 12.0 Å². The number of nitrogens with zero attached hydrogens (tertiary/aromatic N) is 3. The molecule has 102 valence electrons. The highest BCUT2D eigenvalue weighted by Gasteiger charge is 2.17. The van der Waals surface area contributed by atoms with Crippen LogP contribution in [0.5, 0.6) is 0 Å². The number of hydrogen-bond donors (Lipinski definition) is 1. The lowest BCUT2D eigenvalue weighted by atomic mass is 10.1. The van der Waals surface area contributed by atoms with E-state index < -0.39 is 0 Å². The lowest BCUT2D eigenvalue weighted by Gasteiger charge is -2.04. The molecular formula is C13H18N4OS. The topological polar surface area (TPSA) is 77.8 Å². The highest BCUT2D eigenvalue weighted by Crippen LogP contribution is 2.21. The number of aryl methyl sites for hydroxylation is 1. The Balaban J connectivity index is 2.20. The molecule has 0 fully saturated rings. The number of hydrogen-bond acceptors (Lipinski definition) is 6. The summed E-state index contributed by atoms with van der Waals surface area (Å²) in [5.41, 5.74) is 7.89. The van der Waals surface area contributed by atoms with Crippen LogP contribution in [0.4, 0.5) is 0 Å². The molecule has 19 heavy (non-hydrogen) atoms. The Morgan fingerprint density at radius 3 is 3.05 bits per heavy atom. The molecule has 2 heterocycles. The molecule has 6 heteroatoms. The van der Waals surface area contributed by atoms with Crippen LogP contribution in [0, 0.1) is 0 Å². The SMILES string of the molecule is CCc1cccnc1-c1noc([C@H](N)CCSC)n1. The molecule has 0 spiro atoms. The second-order valence-electron chi connectivity index (χ2n) is 4.21. The van der Waals surface area contributed by atoms with Crippen molar-refractivity contribution in [3.63, 3.8) is 0 Å². The molecule has 0 aromatic carbocycles. The van der Waals surface area contributed by atoms with E-state index in [0.29, 0.717) is 11.7 Å². The Morgan fingerprint density at radius 2 is 2.32 bits per heavy atom. The molecule has 1 atom stereocenters.